The van der Waals surface area contributed by atoms with Crippen molar-refractivity contribution in [2.45, 2.75) is 19.9 Å². The van der Waals surface area contributed by atoms with Crippen molar-refractivity contribution in [1.29, 1.82) is 0 Å². The summed E-state index contributed by atoms with van der Waals surface area (Å²) in [6.07, 6.45) is 2.21. The lowest BCUT2D eigenvalue weighted by atomic mass is 9.99. The van der Waals surface area contributed by atoms with Crippen molar-refractivity contribution < 1.29 is 0 Å². The first-order valence-corrected chi connectivity index (χ1v) is 8.28. The number of aromatic nitrogens is 2. The van der Waals surface area contributed by atoms with Crippen LogP contribution in [0, 0.1) is 5.92 Å². The lowest BCUT2D eigenvalue weighted by Gasteiger charge is -2.31. The Morgan fingerprint density at radius 2 is 1.67 bits per heavy atom. The van der Waals surface area contributed by atoms with E-state index in [1.54, 1.807) is 0 Å². The zero-order chi connectivity index (χ0) is 16.5. The SMILES string of the molecule is CC(C)C1C=C(Nc2nc(-c3ccccc3)nc3ccccc23)N1. The van der Waals surface area contributed by atoms with Crippen LogP contribution in [0.15, 0.2) is 66.5 Å². The fourth-order valence-corrected chi connectivity index (χ4v) is 2.81. The second kappa shape index (κ2) is 5.96. The van der Waals surface area contributed by atoms with Crippen molar-refractivity contribution in [3.63, 3.8) is 0 Å². The van der Waals surface area contributed by atoms with Crippen molar-refractivity contribution in [2.24, 2.45) is 5.92 Å². The molecular weight excluding hydrogens is 296 g/mol. The van der Waals surface area contributed by atoms with E-state index in [-0.39, 0.29) is 0 Å². The van der Waals surface area contributed by atoms with Crippen LogP contribution in [-0.4, -0.2) is 16.0 Å². The predicted molar refractivity (Wildman–Crippen MR) is 98.4 cm³/mol. The molecule has 1 aromatic heterocycles. The Morgan fingerprint density at radius 3 is 2.42 bits per heavy atom. The largest absolute Gasteiger partial charge is 0.365 e. The van der Waals surface area contributed by atoms with Crippen molar-refractivity contribution in [3.8, 4) is 11.4 Å². The van der Waals surface area contributed by atoms with Crippen molar-refractivity contribution in [2.75, 3.05) is 5.32 Å². The zero-order valence-corrected chi connectivity index (χ0v) is 13.8. The molecule has 1 aliphatic heterocycles. The second-order valence-electron chi connectivity index (χ2n) is 6.40. The van der Waals surface area contributed by atoms with Gasteiger partial charge in [0.2, 0.25) is 0 Å². The van der Waals surface area contributed by atoms with Gasteiger partial charge in [-0.15, -0.1) is 0 Å². The van der Waals surface area contributed by atoms with Crippen LogP contribution < -0.4 is 10.6 Å². The Morgan fingerprint density at radius 1 is 0.958 bits per heavy atom. The molecule has 0 radical (unpaired) electrons. The highest BCUT2D eigenvalue weighted by atomic mass is 15.2. The number of fused-ring (bicyclic) bond motifs is 1. The van der Waals surface area contributed by atoms with Crippen LogP contribution >= 0.6 is 0 Å². The highest BCUT2D eigenvalue weighted by molar-refractivity contribution is 5.91. The number of rotatable bonds is 4. The maximum absolute atomic E-state index is 4.76. The van der Waals surface area contributed by atoms with Crippen molar-refractivity contribution in [3.05, 3.63) is 66.5 Å². The summed E-state index contributed by atoms with van der Waals surface area (Å²) in [5.74, 6) is 3.16. The van der Waals surface area contributed by atoms with Gasteiger partial charge in [0.1, 0.15) is 11.6 Å². The van der Waals surface area contributed by atoms with Gasteiger partial charge in [0.15, 0.2) is 5.82 Å². The molecule has 0 bridgehead atoms. The van der Waals surface area contributed by atoms with E-state index in [4.69, 9.17) is 9.97 Å². The van der Waals surface area contributed by atoms with E-state index in [2.05, 4.69) is 30.6 Å². The van der Waals surface area contributed by atoms with Gasteiger partial charge in [-0.1, -0.05) is 56.3 Å². The first-order chi connectivity index (χ1) is 11.7. The summed E-state index contributed by atoms with van der Waals surface area (Å²) in [5.41, 5.74) is 1.95. The first kappa shape index (κ1) is 14.7. The Bertz CT molecular complexity index is 900. The normalized spacial score (nSPS) is 16.5. The zero-order valence-electron chi connectivity index (χ0n) is 13.8. The summed E-state index contributed by atoms with van der Waals surface area (Å²) in [5, 5.41) is 7.88. The van der Waals surface area contributed by atoms with Gasteiger partial charge in [-0.3, -0.25) is 0 Å². The molecule has 2 N–H and O–H groups in total. The van der Waals surface area contributed by atoms with E-state index < -0.39 is 0 Å². The molecule has 0 amide bonds. The Balaban J connectivity index is 1.75. The fourth-order valence-electron chi connectivity index (χ4n) is 2.81. The summed E-state index contributed by atoms with van der Waals surface area (Å²) < 4.78 is 0. The molecule has 2 aromatic carbocycles. The number of benzene rings is 2. The average molecular weight is 316 g/mol. The van der Waals surface area contributed by atoms with Crippen LogP contribution in [0.3, 0.4) is 0 Å². The molecule has 2 heterocycles. The first-order valence-electron chi connectivity index (χ1n) is 8.28. The topological polar surface area (TPSA) is 49.8 Å². The van der Waals surface area contributed by atoms with E-state index in [0.717, 1.165) is 33.9 Å². The Kier molecular flexibility index (Phi) is 3.65. The number of nitrogens with one attached hydrogen (secondary N) is 2. The maximum atomic E-state index is 4.76. The van der Waals surface area contributed by atoms with Gasteiger partial charge in [-0.05, 0) is 24.1 Å². The summed E-state index contributed by atoms with van der Waals surface area (Å²) >= 11 is 0. The van der Waals surface area contributed by atoms with Gasteiger partial charge in [0.05, 0.1) is 11.6 Å². The molecule has 4 nitrogen and oxygen atoms in total. The van der Waals surface area contributed by atoms with E-state index in [1.165, 1.54) is 0 Å². The van der Waals surface area contributed by atoms with Gasteiger partial charge < -0.3 is 10.6 Å². The van der Waals surface area contributed by atoms with Crippen LogP contribution in [0.1, 0.15) is 13.8 Å². The minimum absolute atomic E-state index is 0.425. The quantitative estimate of drug-likeness (QED) is 0.758. The van der Waals surface area contributed by atoms with Crippen molar-refractivity contribution >= 4 is 16.7 Å². The van der Waals surface area contributed by atoms with Crippen LogP contribution in [0.5, 0.6) is 0 Å². The number of hydrogen-bond acceptors (Lipinski definition) is 4. The summed E-state index contributed by atoms with van der Waals surface area (Å²) in [4.78, 5) is 9.47. The lowest BCUT2D eigenvalue weighted by molar-refractivity contribution is 0.460. The lowest BCUT2D eigenvalue weighted by Crippen LogP contribution is -2.43. The average Bonchev–Trinajstić information content (AvgIpc) is 2.57. The second-order valence-corrected chi connectivity index (χ2v) is 6.40. The van der Waals surface area contributed by atoms with Crippen LogP contribution in [0.4, 0.5) is 5.82 Å². The molecule has 0 aliphatic carbocycles. The molecule has 120 valence electrons. The molecule has 0 saturated carbocycles. The van der Waals surface area contributed by atoms with Crippen LogP contribution in [-0.2, 0) is 0 Å². The van der Waals surface area contributed by atoms with E-state index in [1.807, 2.05) is 54.6 Å². The third-order valence-corrected chi connectivity index (χ3v) is 4.27. The summed E-state index contributed by atoms with van der Waals surface area (Å²) in [7, 11) is 0. The summed E-state index contributed by atoms with van der Waals surface area (Å²) in [6, 6.07) is 18.6. The number of hydrogen-bond donors (Lipinski definition) is 2. The number of nitrogens with zero attached hydrogens (tertiary/aromatic N) is 2. The minimum Gasteiger partial charge on any atom is -0.365 e. The third-order valence-electron chi connectivity index (χ3n) is 4.27. The smallest absolute Gasteiger partial charge is 0.162 e. The van der Waals surface area contributed by atoms with Gasteiger partial charge in [-0.2, -0.15) is 0 Å². The molecule has 4 heteroatoms. The number of para-hydroxylation sites is 1. The molecular formula is C20H20N4. The van der Waals surface area contributed by atoms with Gasteiger partial charge >= 0.3 is 0 Å². The highest BCUT2D eigenvalue weighted by Crippen LogP contribution is 2.27. The molecule has 0 spiro atoms. The van der Waals surface area contributed by atoms with Crippen LogP contribution in [0.2, 0.25) is 0 Å². The van der Waals surface area contributed by atoms with E-state index in [0.29, 0.717) is 12.0 Å². The predicted octanol–water partition coefficient (Wildman–Crippen LogP) is 4.18. The third kappa shape index (κ3) is 2.71. The fraction of sp³-hybridized carbons (Fsp3) is 0.200. The molecule has 1 unspecified atom stereocenters. The van der Waals surface area contributed by atoms with E-state index in [9.17, 15) is 0 Å². The Hall–Kier alpha value is -2.88. The highest BCUT2D eigenvalue weighted by Gasteiger charge is 2.22. The standard InChI is InChI=1S/C20H20N4/c1-13(2)17-12-18(21-17)23-20-15-10-6-7-11-16(15)22-19(24-20)14-8-4-3-5-9-14/h3-13,17,21H,1-2H3,(H,22,23,24). The molecule has 1 aliphatic rings. The van der Waals surface area contributed by atoms with Gasteiger partial charge in [0.25, 0.3) is 0 Å². The minimum atomic E-state index is 0.425. The van der Waals surface area contributed by atoms with E-state index >= 15 is 0 Å². The number of anilines is 1. The summed E-state index contributed by atoms with van der Waals surface area (Å²) in [6.45, 7) is 4.41. The molecule has 24 heavy (non-hydrogen) atoms. The monoisotopic (exact) mass is 316 g/mol. The van der Waals surface area contributed by atoms with Crippen molar-refractivity contribution in [1.82, 2.24) is 15.3 Å². The maximum Gasteiger partial charge on any atom is 0.162 e. The van der Waals surface area contributed by atoms with Crippen LogP contribution in [0.25, 0.3) is 22.3 Å². The molecule has 3 aromatic rings. The molecule has 0 saturated heterocycles. The van der Waals surface area contributed by atoms with Gasteiger partial charge in [-0.25, -0.2) is 9.97 Å². The Labute approximate surface area is 141 Å². The molecule has 1 atom stereocenters. The molecule has 4 rings (SSSR count). The molecule has 0 fully saturated rings. The van der Waals surface area contributed by atoms with Gasteiger partial charge in [0, 0.05) is 10.9 Å².